The van der Waals surface area contributed by atoms with Crippen LogP contribution in [0.3, 0.4) is 0 Å². The lowest BCUT2D eigenvalue weighted by atomic mass is 9.83. The molecule has 0 bridgehead atoms. The highest BCUT2D eigenvalue weighted by atomic mass is 16.3. The molecule has 2 aliphatic rings. The number of piperidine rings is 1. The van der Waals surface area contributed by atoms with E-state index in [0.717, 1.165) is 18.9 Å². The van der Waals surface area contributed by atoms with E-state index in [1.165, 1.54) is 25.9 Å². The molecule has 0 radical (unpaired) electrons. The van der Waals surface area contributed by atoms with E-state index in [1.807, 2.05) is 0 Å². The molecule has 3 heteroatoms. The summed E-state index contributed by atoms with van der Waals surface area (Å²) in [5.74, 6) is 1.31. The fourth-order valence-electron chi connectivity index (χ4n) is 2.93. The van der Waals surface area contributed by atoms with E-state index in [2.05, 4.69) is 17.3 Å². The minimum atomic E-state index is 0.365. The Morgan fingerprint density at radius 3 is 2.64 bits per heavy atom. The second-order valence-electron chi connectivity index (χ2n) is 4.85. The molecular formula is C11H22N2O. The molecule has 2 atom stereocenters. The van der Waals surface area contributed by atoms with Crippen LogP contribution in [-0.2, 0) is 0 Å². The number of aliphatic hydroxyl groups excluding tert-OH is 1. The largest absolute Gasteiger partial charge is 0.396 e. The average molecular weight is 198 g/mol. The third kappa shape index (κ3) is 2.10. The van der Waals surface area contributed by atoms with Crippen LogP contribution in [0.15, 0.2) is 0 Å². The zero-order valence-corrected chi connectivity index (χ0v) is 9.08. The van der Waals surface area contributed by atoms with Crippen molar-refractivity contribution in [3.05, 3.63) is 0 Å². The summed E-state index contributed by atoms with van der Waals surface area (Å²) in [7, 11) is 2.20. The minimum absolute atomic E-state index is 0.365. The maximum absolute atomic E-state index is 9.27. The molecule has 2 rings (SSSR count). The molecule has 0 aliphatic carbocycles. The van der Waals surface area contributed by atoms with Gasteiger partial charge in [-0.25, -0.2) is 0 Å². The van der Waals surface area contributed by atoms with Gasteiger partial charge in [0, 0.05) is 12.6 Å². The fraction of sp³-hybridized carbons (Fsp3) is 1.00. The van der Waals surface area contributed by atoms with Crippen LogP contribution >= 0.6 is 0 Å². The third-order valence-electron chi connectivity index (χ3n) is 3.91. The van der Waals surface area contributed by atoms with Crippen molar-refractivity contribution in [2.45, 2.75) is 25.3 Å². The van der Waals surface area contributed by atoms with E-state index >= 15 is 0 Å². The number of hydrogen-bond donors (Lipinski definition) is 2. The normalized spacial score (nSPS) is 36.4. The summed E-state index contributed by atoms with van der Waals surface area (Å²) in [6, 6.07) is 0.591. The molecule has 0 amide bonds. The molecule has 2 aliphatic heterocycles. The van der Waals surface area contributed by atoms with Crippen molar-refractivity contribution in [2.24, 2.45) is 11.8 Å². The molecule has 0 saturated carbocycles. The van der Waals surface area contributed by atoms with Gasteiger partial charge in [-0.2, -0.15) is 0 Å². The van der Waals surface area contributed by atoms with Crippen molar-refractivity contribution >= 4 is 0 Å². The smallest absolute Gasteiger partial charge is 0.0474 e. The van der Waals surface area contributed by atoms with Crippen LogP contribution in [0.4, 0.5) is 0 Å². The van der Waals surface area contributed by atoms with Crippen molar-refractivity contribution in [2.75, 3.05) is 33.3 Å². The number of nitrogens with one attached hydrogen (secondary N) is 1. The van der Waals surface area contributed by atoms with E-state index in [4.69, 9.17) is 0 Å². The maximum Gasteiger partial charge on any atom is 0.0474 e. The van der Waals surface area contributed by atoms with Gasteiger partial charge in [-0.3, -0.25) is 0 Å². The Balaban J connectivity index is 1.88. The molecule has 2 N–H and O–H groups in total. The molecule has 14 heavy (non-hydrogen) atoms. The lowest BCUT2D eigenvalue weighted by Crippen LogP contribution is -2.42. The quantitative estimate of drug-likeness (QED) is 0.670. The first-order chi connectivity index (χ1) is 6.81. The summed E-state index contributed by atoms with van der Waals surface area (Å²) in [4.78, 5) is 2.40. The van der Waals surface area contributed by atoms with Crippen LogP contribution < -0.4 is 5.32 Å². The molecule has 0 aromatic rings. The van der Waals surface area contributed by atoms with Crippen LogP contribution in [0.2, 0.25) is 0 Å². The standard InChI is InChI=1S/C11H22N2O/c1-13-6-3-9(4-7-13)11-10(8-14)2-5-12-11/h9-12,14H,2-8H2,1H3. The Kier molecular flexibility index (Phi) is 3.42. The highest BCUT2D eigenvalue weighted by Crippen LogP contribution is 2.28. The van der Waals surface area contributed by atoms with E-state index in [9.17, 15) is 5.11 Å². The highest BCUT2D eigenvalue weighted by molar-refractivity contribution is 4.90. The summed E-state index contributed by atoms with van der Waals surface area (Å²) >= 11 is 0. The summed E-state index contributed by atoms with van der Waals surface area (Å²) < 4.78 is 0. The fourth-order valence-corrected chi connectivity index (χ4v) is 2.93. The van der Waals surface area contributed by atoms with Gasteiger partial charge in [0.25, 0.3) is 0 Å². The topological polar surface area (TPSA) is 35.5 Å². The molecule has 2 unspecified atom stereocenters. The molecule has 0 aromatic carbocycles. The van der Waals surface area contributed by atoms with Crippen LogP contribution in [0.5, 0.6) is 0 Å². The number of hydrogen-bond acceptors (Lipinski definition) is 3. The van der Waals surface area contributed by atoms with Gasteiger partial charge in [-0.05, 0) is 57.8 Å². The molecule has 2 saturated heterocycles. The zero-order valence-electron chi connectivity index (χ0n) is 9.08. The number of likely N-dealkylation sites (tertiary alicyclic amines) is 1. The summed E-state index contributed by atoms with van der Waals surface area (Å²) in [6.07, 6.45) is 3.75. The first kappa shape index (κ1) is 10.4. The maximum atomic E-state index is 9.27. The predicted molar refractivity (Wildman–Crippen MR) is 57.2 cm³/mol. The molecule has 2 heterocycles. The lowest BCUT2D eigenvalue weighted by molar-refractivity contribution is 0.141. The molecule has 0 spiro atoms. The Labute approximate surface area is 86.5 Å². The third-order valence-corrected chi connectivity index (χ3v) is 3.91. The van der Waals surface area contributed by atoms with E-state index < -0.39 is 0 Å². The molecule has 82 valence electrons. The minimum Gasteiger partial charge on any atom is -0.396 e. The second-order valence-corrected chi connectivity index (χ2v) is 4.85. The zero-order chi connectivity index (χ0) is 9.97. The Bertz CT molecular complexity index is 178. The molecule has 2 fully saturated rings. The summed E-state index contributed by atoms with van der Waals surface area (Å²) in [5, 5.41) is 12.8. The molecule has 0 aromatic heterocycles. The summed E-state index contributed by atoms with van der Waals surface area (Å²) in [6.45, 7) is 3.91. The van der Waals surface area contributed by atoms with Crippen molar-refractivity contribution in [1.29, 1.82) is 0 Å². The second kappa shape index (κ2) is 4.60. The van der Waals surface area contributed by atoms with Crippen LogP contribution in [0, 0.1) is 11.8 Å². The van der Waals surface area contributed by atoms with Crippen molar-refractivity contribution in [1.82, 2.24) is 10.2 Å². The Morgan fingerprint density at radius 1 is 1.29 bits per heavy atom. The van der Waals surface area contributed by atoms with E-state index in [1.54, 1.807) is 0 Å². The van der Waals surface area contributed by atoms with E-state index in [-0.39, 0.29) is 0 Å². The van der Waals surface area contributed by atoms with E-state index in [0.29, 0.717) is 18.6 Å². The first-order valence-corrected chi connectivity index (χ1v) is 5.84. The van der Waals surface area contributed by atoms with Gasteiger partial charge in [0.15, 0.2) is 0 Å². The number of rotatable bonds is 2. The predicted octanol–water partition coefficient (Wildman–Crippen LogP) is 0.299. The van der Waals surface area contributed by atoms with Gasteiger partial charge in [0.05, 0.1) is 0 Å². The van der Waals surface area contributed by atoms with Gasteiger partial charge < -0.3 is 15.3 Å². The number of aliphatic hydroxyl groups is 1. The Hall–Kier alpha value is -0.120. The van der Waals surface area contributed by atoms with Gasteiger partial charge in [0.2, 0.25) is 0 Å². The van der Waals surface area contributed by atoms with Gasteiger partial charge in [0.1, 0.15) is 0 Å². The van der Waals surface area contributed by atoms with Gasteiger partial charge in [-0.15, -0.1) is 0 Å². The number of nitrogens with zero attached hydrogens (tertiary/aromatic N) is 1. The van der Waals surface area contributed by atoms with Gasteiger partial charge in [-0.1, -0.05) is 0 Å². The molecule has 3 nitrogen and oxygen atoms in total. The Morgan fingerprint density at radius 2 is 2.00 bits per heavy atom. The highest BCUT2D eigenvalue weighted by Gasteiger charge is 2.33. The van der Waals surface area contributed by atoms with Gasteiger partial charge >= 0.3 is 0 Å². The molecular weight excluding hydrogens is 176 g/mol. The monoisotopic (exact) mass is 198 g/mol. The van der Waals surface area contributed by atoms with Crippen molar-refractivity contribution in [3.8, 4) is 0 Å². The van der Waals surface area contributed by atoms with Crippen molar-refractivity contribution in [3.63, 3.8) is 0 Å². The lowest BCUT2D eigenvalue weighted by Gasteiger charge is -2.34. The first-order valence-electron chi connectivity index (χ1n) is 5.84. The van der Waals surface area contributed by atoms with Crippen LogP contribution in [-0.4, -0.2) is 49.3 Å². The summed E-state index contributed by atoms with van der Waals surface area (Å²) in [5.41, 5.74) is 0. The van der Waals surface area contributed by atoms with Crippen LogP contribution in [0.25, 0.3) is 0 Å². The SMILES string of the molecule is CN1CCC(C2NCCC2CO)CC1. The average Bonchev–Trinajstić information content (AvgIpc) is 2.67. The van der Waals surface area contributed by atoms with Crippen molar-refractivity contribution < 1.29 is 5.11 Å². The van der Waals surface area contributed by atoms with Crippen LogP contribution in [0.1, 0.15) is 19.3 Å².